The zero-order chi connectivity index (χ0) is 19.7. The average Bonchev–Trinajstić information content (AvgIpc) is 3.09. The lowest BCUT2D eigenvalue weighted by atomic mass is 10.0. The third-order valence-electron chi connectivity index (χ3n) is 4.89. The predicted molar refractivity (Wildman–Crippen MR) is 108 cm³/mol. The fraction of sp³-hybridized carbons (Fsp3) is 0.227. The molecule has 2 aromatic carbocycles. The van der Waals surface area contributed by atoms with Crippen LogP contribution >= 0.6 is 0 Å². The standard InChI is InChI=1S/C22H21N3O3/c1-3-17(15-10-8-14(2)9-11-15)24-19(26)12-25-13-23-20-16-6-4-5-7-18(16)28-21(20)22(25)27/h4-11,13,17H,3,12H2,1-2H3,(H,24,26)/t17-/m0/s1. The summed E-state index contributed by atoms with van der Waals surface area (Å²) < 4.78 is 6.94. The number of para-hydroxylation sites is 1. The van der Waals surface area contributed by atoms with Gasteiger partial charge in [-0.2, -0.15) is 0 Å². The van der Waals surface area contributed by atoms with E-state index in [0.29, 0.717) is 11.1 Å². The molecular formula is C22H21N3O3. The minimum absolute atomic E-state index is 0.105. The second-order valence-corrected chi connectivity index (χ2v) is 6.89. The number of carbonyl (C=O) groups is 1. The van der Waals surface area contributed by atoms with Crippen molar-refractivity contribution in [2.24, 2.45) is 0 Å². The van der Waals surface area contributed by atoms with Gasteiger partial charge in [-0.05, 0) is 31.0 Å². The molecule has 0 aliphatic rings. The van der Waals surface area contributed by atoms with E-state index in [9.17, 15) is 9.59 Å². The van der Waals surface area contributed by atoms with Crippen molar-refractivity contribution in [2.75, 3.05) is 0 Å². The molecule has 0 bridgehead atoms. The molecule has 1 amide bonds. The first-order valence-corrected chi connectivity index (χ1v) is 9.29. The first-order chi connectivity index (χ1) is 13.6. The Hall–Kier alpha value is -3.41. The number of nitrogens with one attached hydrogen (secondary N) is 1. The summed E-state index contributed by atoms with van der Waals surface area (Å²) in [4.78, 5) is 29.6. The topological polar surface area (TPSA) is 77.1 Å². The molecule has 0 radical (unpaired) electrons. The summed E-state index contributed by atoms with van der Waals surface area (Å²) in [7, 11) is 0. The highest BCUT2D eigenvalue weighted by Gasteiger charge is 2.16. The number of carbonyl (C=O) groups excluding carboxylic acids is 1. The minimum atomic E-state index is -0.361. The van der Waals surface area contributed by atoms with Gasteiger partial charge in [0.05, 0.1) is 12.4 Å². The quantitative estimate of drug-likeness (QED) is 0.577. The summed E-state index contributed by atoms with van der Waals surface area (Å²) in [6.45, 7) is 3.93. The highest BCUT2D eigenvalue weighted by Crippen LogP contribution is 2.24. The summed E-state index contributed by atoms with van der Waals surface area (Å²) in [5.74, 6) is -0.244. The molecule has 2 heterocycles. The highest BCUT2D eigenvalue weighted by atomic mass is 16.3. The van der Waals surface area contributed by atoms with Gasteiger partial charge in [-0.3, -0.25) is 14.2 Å². The summed E-state index contributed by atoms with van der Waals surface area (Å²) >= 11 is 0. The van der Waals surface area contributed by atoms with Crippen molar-refractivity contribution in [1.29, 1.82) is 0 Å². The van der Waals surface area contributed by atoms with Crippen LogP contribution < -0.4 is 10.9 Å². The van der Waals surface area contributed by atoms with Gasteiger partial charge in [0, 0.05) is 5.39 Å². The van der Waals surface area contributed by atoms with E-state index in [-0.39, 0.29) is 29.6 Å². The van der Waals surface area contributed by atoms with E-state index in [1.165, 1.54) is 16.5 Å². The fourth-order valence-electron chi connectivity index (χ4n) is 3.34. The lowest BCUT2D eigenvalue weighted by molar-refractivity contribution is -0.122. The first kappa shape index (κ1) is 18.0. The van der Waals surface area contributed by atoms with Crippen LogP contribution in [0.4, 0.5) is 0 Å². The number of hydrogen-bond acceptors (Lipinski definition) is 4. The molecule has 0 unspecified atom stereocenters. The van der Waals surface area contributed by atoms with E-state index in [4.69, 9.17) is 4.42 Å². The van der Waals surface area contributed by atoms with Gasteiger partial charge in [0.25, 0.3) is 5.56 Å². The van der Waals surface area contributed by atoms with E-state index in [1.807, 2.05) is 56.3 Å². The SMILES string of the molecule is CC[C@H](NC(=O)Cn1cnc2c(oc3ccccc32)c1=O)c1ccc(C)cc1. The summed E-state index contributed by atoms with van der Waals surface area (Å²) in [5.41, 5.74) is 3.14. The van der Waals surface area contributed by atoms with Gasteiger partial charge in [-0.1, -0.05) is 48.9 Å². The molecule has 6 nitrogen and oxygen atoms in total. The van der Waals surface area contributed by atoms with Crippen molar-refractivity contribution in [1.82, 2.24) is 14.9 Å². The predicted octanol–water partition coefficient (Wildman–Crippen LogP) is 3.72. The number of nitrogens with zero attached hydrogens (tertiary/aromatic N) is 2. The Kier molecular flexibility index (Phi) is 4.69. The van der Waals surface area contributed by atoms with E-state index < -0.39 is 0 Å². The molecule has 0 spiro atoms. The Morgan fingerprint density at radius 1 is 1.18 bits per heavy atom. The van der Waals surface area contributed by atoms with Crippen LogP contribution in [0.1, 0.15) is 30.5 Å². The van der Waals surface area contributed by atoms with Gasteiger partial charge < -0.3 is 9.73 Å². The Morgan fingerprint density at radius 2 is 1.93 bits per heavy atom. The maximum atomic E-state index is 12.7. The number of rotatable bonds is 5. The number of benzene rings is 2. The lowest BCUT2D eigenvalue weighted by Gasteiger charge is -2.18. The second kappa shape index (κ2) is 7.31. The molecule has 4 aromatic rings. The second-order valence-electron chi connectivity index (χ2n) is 6.89. The molecule has 6 heteroatoms. The van der Waals surface area contributed by atoms with Crippen LogP contribution in [0, 0.1) is 6.92 Å². The van der Waals surface area contributed by atoms with Crippen molar-refractivity contribution in [3.63, 3.8) is 0 Å². The zero-order valence-corrected chi connectivity index (χ0v) is 15.8. The van der Waals surface area contributed by atoms with Gasteiger partial charge in [0.15, 0.2) is 0 Å². The van der Waals surface area contributed by atoms with Crippen molar-refractivity contribution >= 4 is 28.0 Å². The summed E-state index contributed by atoms with van der Waals surface area (Å²) in [6.07, 6.45) is 2.16. The number of hydrogen-bond donors (Lipinski definition) is 1. The van der Waals surface area contributed by atoms with E-state index in [0.717, 1.165) is 17.4 Å². The zero-order valence-electron chi connectivity index (χ0n) is 15.8. The first-order valence-electron chi connectivity index (χ1n) is 9.29. The number of amides is 1. The third kappa shape index (κ3) is 3.29. The molecule has 0 saturated heterocycles. The normalized spacial score (nSPS) is 12.4. The average molecular weight is 375 g/mol. The fourth-order valence-corrected chi connectivity index (χ4v) is 3.34. The van der Waals surface area contributed by atoms with Gasteiger partial charge >= 0.3 is 0 Å². The molecule has 1 N–H and O–H groups in total. The van der Waals surface area contributed by atoms with Crippen LogP contribution in [-0.4, -0.2) is 15.5 Å². The highest BCUT2D eigenvalue weighted by molar-refractivity contribution is 6.01. The van der Waals surface area contributed by atoms with E-state index in [2.05, 4.69) is 10.3 Å². The van der Waals surface area contributed by atoms with Gasteiger partial charge in [-0.25, -0.2) is 4.98 Å². The van der Waals surface area contributed by atoms with Crippen molar-refractivity contribution in [2.45, 2.75) is 32.9 Å². The van der Waals surface area contributed by atoms with Crippen molar-refractivity contribution in [3.05, 3.63) is 76.3 Å². The molecule has 0 aliphatic carbocycles. The summed E-state index contributed by atoms with van der Waals surface area (Å²) in [5, 5.41) is 3.78. The van der Waals surface area contributed by atoms with Crippen molar-refractivity contribution < 1.29 is 9.21 Å². The molecule has 28 heavy (non-hydrogen) atoms. The summed E-state index contributed by atoms with van der Waals surface area (Å²) in [6, 6.07) is 15.3. The molecule has 2 aromatic heterocycles. The molecule has 0 saturated carbocycles. The maximum absolute atomic E-state index is 12.7. The van der Waals surface area contributed by atoms with E-state index >= 15 is 0 Å². The van der Waals surface area contributed by atoms with Gasteiger partial charge in [-0.15, -0.1) is 0 Å². The third-order valence-corrected chi connectivity index (χ3v) is 4.89. The molecule has 4 rings (SSSR count). The minimum Gasteiger partial charge on any atom is -0.448 e. The van der Waals surface area contributed by atoms with Crippen LogP contribution in [0.2, 0.25) is 0 Å². The van der Waals surface area contributed by atoms with E-state index in [1.54, 1.807) is 6.07 Å². The number of fused-ring (bicyclic) bond motifs is 3. The van der Waals surface area contributed by atoms with Crippen LogP contribution in [0.15, 0.2) is 64.1 Å². The van der Waals surface area contributed by atoms with Crippen LogP contribution in [0.3, 0.4) is 0 Å². The maximum Gasteiger partial charge on any atom is 0.297 e. The Labute approximate surface area is 161 Å². The van der Waals surface area contributed by atoms with Gasteiger partial charge in [0.2, 0.25) is 11.5 Å². The molecule has 0 fully saturated rings. The Morgan fingerprint density at radius 3 is 2.68 bits per heavy atom. The Balaban J connectivity index is 1.58. The Bertz CT molecular complexity index is 1210. The molecule has 1 atom stereocenters. The molecular weight excluding hydrogens is 354 g/mol. The van der Waals surface area contributed by atoms with Crippen LogP contribution in [0.5, 0.6) is 0 Å². The van der Waals surface area contributed by atoms with Crippen molar-refractivity contribution in [3.8, 4) is 0 Å². The van der Waals surface area contributed by atoms with Crippen LogP contribution in [0.25, 0.3) is 22.1 Å². The number of furan rings is 1. The largest absolute Gasteiger partial charge is 0.448 e. The molecule has 0 aliphatic heterocycles. The number of aromatic nitrogens is 2. The monoisotopic (exact) mass is 375 g/mol. The number of aryl methyl sites for hydroxylation is 1. The van der Waals surface area contributed by atoms with Crippen LogP contribution in [-0.2, 0) is 11.3 Å². The molecule has 142 valence electrons. The smallest absolute Gasteiger partial charge is 0.297 e. The van der Waals surface area contributed by atoms with Gasteiger partial charge in [0.1, 0.15) is 17.6 Å². The lowest BCUT2D eigenvalue weighted by Crippen LogP contribution is -2.34.